The second-order valence-electron chi connectivity index (χ2n) is 2.99. The van der Waals surface area contributed by atoms with Gasteiger partial charge in [0.15, 0.2) is 0 Å². The third-order valence-corrected chi connectivity index (χ3v) is 1.93. The first kappa shape index (κ1) is 10.0. The Morgan fingerprint density at radius 3 is 2.85 bits per heavy atom. The highest BCUT2D eigenvalue weighted by Gasteiger charge is 2.03. The van der Waals surface area contributed by atoms with Crippen LogP contribution < -0.4 is 5.32 Å². The third kappa shape index (κ3) is 3.05. The second-order valence-corrected chi connectivity index (χ2v) is 2.99. The number of aliphatic hydroxyl groups excluding tert-OH is 1. The molecule has 0 amide bonds. The standard InChI is InChI=1S/C10H15NO2/c1-8(11-5-6-12)9-3-2-4-10(13)7-9/h2-4,7-8,11-13H,5-6H2,1H3. The molecule has 1 atom stereocenters. The molecular formula is C10H15NO2. The van der Waals surface area contributed by atoms with Crippen LogP contribution in [0.4, 0.5) is 0 Å². The van der Waals surface area contributed by atoms with E-state index in [4.69, 9.17) is 5.11 Å². The van der Waals surface area contributed by atoms with Crippen molar-refractivity contribution in [2.24, 2.45) is 0 Å². The van der Waals surface area contributed by atoms with E-state index in [-0.39, 0.29) is 18.4 Å². The van der Waals surface area contributed by atoms with E-state index in [0.717, 1.165) is 5.56 Å². The number of rotatable bonds is 4. The van der Waals surface area contributed by atoms with E-state index in [2.05, 4.69) is 5.32 Å². The van der Waals surface area contributed by atoms with Gasteiger partial charge in [-0.2, -0.15) is 0 Å². The zero-order valence-corrected chi connectivity index (χ0v) is 7.70. The molecule has 0 spiro atoms. The second kappa shape index (κ2) is 4.84. The Kier molecular flexibility index (Phi) is 3.73. The van der Waals surface area contributed by atoms with Gasteiger partial charge in [0.25, 0.3) is 0 Å². The molecule has 0 aromatic heterocycles. The van der Waals surface area contributed by atoms with Crippen molar-refractivity contribution in [2.45, 2.75) is 13.0 Å². The summed E-state index contributed by atoms with van der Waals surface area (Å²) in [5, 5.41) is 20.9. The summed E-state index contributed by atoms with van der Waals surface area (Å²) in [4.78, 5) is 0. The minimum Gasteiger partial charge on any atom is -0.508 e. The fraction of sp³-hybridized carbons (Fsp3) is 0.400. The summed E-state index contributed by atoms with van der Waals surface area (Å²) in [6, 6.07) is 7.26. The Morgan fingerprint density at radius 1 is 1.46 bits per heavy atom. The minimum atomic E-state index is 0.128. The average molecular weight is 181 g/mol. The molecule has 0 bridgehead atoms. The SMILES string of the molecule is CC(NCCO)c1cccc(O)c1. The van der Waals surface area contributed by atoms with Gasteiger partial charge in [-0.3, -0.25) is 0 Å². The number of phenols is 1. The van der Waals surface area contributed by atoms with Crippen LogP contribution in [0.3, 0.4) is 0 Å². The van der Waals surface area contributed by atoms with Crippen molar-refractivity contribution in [1.82, 2.24) is 5.32 Å². The topological polar surface area (TPSA) is 52.5 Å². The Bertz CT molecular complexity index is 263. The summed E-state index contributed by atoms with van der Waals surface area (Å²) in [5.74, 6) is 0.273. The number of phenolic OH excluding ortho intramolecular Hbond substituents is 1. The first-order valence-electron chi connectivity index (χ1n) is 4.37. The smallest absolute Gasteiger partial charge is 0.115 e. The Hall–Kier alpha value is -1.06. The van der Waals surface area contributed by atoms with Gasteiger partial charge >= 0.3 is 0 Å². The maximum absolute atomic E-state index is 9.21. The van der Waals surface area contributed by atoms with E-state index in [1.54, 1.807) is 12.1 Å². The molecule has 1 unspecified atom stereocenters. The maximum Gasteiger partial charge on any atom is 0.115 e. The molecule has 0 aliphatic rings. The molecule has 0 heterocycles. The fourth-order valence-corrected chi connectivity index (χ4v) is 1.19. The first-order valence-corrected chi connectivity index (χ1v) is 4.37. The molecule has 0 aliphatic heterocycles. The summed E-state index contributed by atoms with van der Waals surface area (Å²) >= 11 is 0. The van der Waals surface area contributed by atoms with Crippen molar-refractivity contribution >= 4 is 0 Å². The van der Waals surface area contributed by atoms with Gasteiger partial charge < -0.3 is 15.5 Å². The first-order chi connectivity index (χ1) is 6.24. The Labute approximate surface area is 78.0 Å². The van der Waals surface area contributed by atoms with E-state index >= 15 is 0 Å². The van der Waals surface area contributed by atoms with Gasteiger partial charge in [0.2, 0.25) is 0 Å². The summed E-state index contributed by atoms with van der Waals surface area (Å²) < 4.78 is 0. The molecule has 0 saturated carbocycles. The lowest BCUT2D eigenvalue weighted by Gasteiger charge is -2.13. The van der Waals surface area contributed by atoms with Gasteiger partial charge in [-0.15, -0.1) is 0 Å². The molecule has 0 radical (unpaired) electrons. The molecule has 0 aliphatic carbocycles. The molecule has 1 rings (SSSR count). The van der Waals surface area contributed by atoms with Crippen LogP contribution in [0.15, 0.2) is 24.3 Å². The summed E-state index contributed by atoms with van der Waals surface area (Å²) in [5.41, 5.74) is 1.02. The molecule has 0 saturated heterocycles. The molecule has 1 aromatic carbocycles. The van der Waals surface area contributed by atoms with Crippen molar-refractivity contribution in [3.63, 3.8) is 0 Å². The van der Waals surface area contributed by atoms with Gasteiger partial charge in [-0.05, 0) is 24.6 Å². The van der Waals surface area contributed by atoms with Gasteiger partial charge in [-0.1, -0.05) is 12.1 Å². The molecule has 1 aromatic rings. The van der Waals surface area contributed by atoms with Crippen LogP contribution in [-0.4, -0.2) is 23.4 Å². The molecule has 3 N–H and O–H groups in total. The molecule has 72 valence electrons. The molecule has 3 nitrogen and oxygen atoms in total. The lowest BCUT2D eigenvalue weighted by atomic mass is 10.1. The van der Waals surface area contributed by atoms with Gasteiger partial charge in [-0.25, -0.2) is 0 Å². The van der Waals surface area contributed by atoms with Crippen molar-refractivity contribution in [2.75, 3.05) is 13.2 Å². The maximum atomic E-state index is 9.21. The van der Waals surface area contributed by atoms with E-state index in [1.807, 2.05) is 19.1 Å². The number of hydrogen-bond acceptors (Lipinski definition) is 3. The lowest BCUT2D eigenvalue weighted by molar-refractivity contribution is 0.286. The molecule has 0 fully saturated rings. The number of nitrogens with one attached hydrogen (secondary N) is 1. The van der Waals surface area contributed by atoms with Crippen LogP contribution in [0.5, 0.6) is 5.75 Å². The van der Waals surface area contributed by atoms with Crippen LogP contribution in [0.25, 0.3) is 0 Å². The Balaban J connectivity index is 2.60. The monoisotopic (exact) mass is 181 g/mol. The van der Waals surface area contributed by atoms with Crippen molar-refractivity contribution in [1.29, 1.82) is 0 Å². The third-order valence-electron chi connectivity index (χ3n) is 1.93. The normalized spacial score (nSPS) is 12.8. The number of benzene rings is 1. The predicted molar refractivity (Wildman–Crippen MR) is 51.6 cm³/mol. The number of aromatic hydroxyl groups is 1. The van der Waals surface area contributed by atoms with E-state index in [1.165, 1.54) is 0 Å². The van der Waals surface area contributed by atoms with Crippen LogP contribution in [0, 0.1) is 0 Å². The van der Waals surface area contributed by atoms with Gasteiger partial charge in [0.05, 0.1) is 6.61 Å². The van der Waals surface area contributed by atoms with Crippen molar-refractivity contribution < 1.29 is 10.2 Å². The summed E-state index contributed by atoms with van der Waals surface area (Å²) in [6.45, 7) is 2.68. The van der Waals surface area contributed by atoms with Gasteiger partial charge in [0, 0.05) is 12.6 Å². The zero-order valence-electron chi connectivity index (χ0n) is 7.70. The number of aliphatic hydroxyl groups is 1. The van der Waals surface area contributed by atoms with Crippen molar-refractivity contribution in [3.05, 3.63) is 29.8 Å². The average Bonchev–Trinajstić information content (AvgIpc) is 2.14. The quantitative estimate of drug-likeness (QED) is 0.650. The van der Waals surface area contributed by atoms with E-state index in [9.17, 15) is 5.11 Å². The fourth-order valence-electron chi connectivity index (χ4n) is 1.19. The van der Waals surface area contributed by atoms with Crippen molar-refractivity contribution in [3.8, 4) is 5.75 Å². The predicted octanol–water partition coefficient (Wildman–Crippen LogP) is 1.04. The summed E-state index contributed by atoms with van der Waals surface area (Å²) in [6.07, 6.45) is 0. The largest absolute Gasteiger partial charge is 0.508 e. The lowest BCUT2D eigenvalue weighted by Crippen LogP contribution is -2.21. The van der Waals surface area contributed by atoms with E-state index in [0.29, 0.717) is 6.54 Å². The molecule has 3 heteroatoms. The molecule has 13 heavy (non-hydrogen) atoms. The Morgan fingerprint density at radius 2 is 2.23 bits per heavy atom. The highest BCUT2D eigenvalue weighted by Crippen LogP contribution is 2.17. The van der Waals surface area contributed by atoms with Crippen LogP contribution in [-0.2, 0) is 0 Å². The zero-order chi connectivity index (χ0) is 9.68. The molecular weight excluding hydrogens is 166 g/mol. The highest BCUT2D eigenvalue weighted by atomic mass is 16.3. The van der Waals surface area contributed by atoms with Crippen LogP contribution in [0.2, 0.25) is 0 Å². The highest BCUT2D eigenvalue weighted by molar-refractivity contribution is 5.28. The van der Waals surface area contributed by atoms with Crippen LogP contribution >= 0.6 is 0 Å². The van der Waals surface area contributed by atoms with E-state index < -0.39 is 0 Å². The minimum absolute atomic E-state index is 0.128. The summed E-state index contributed by atoms with van der Waals surface area (Å²) in [7, 11) is 0. The number of hydrogen-bond donors (Lipinski definition) is 3. The van der Waals surface area contributed by atoms with Gasteiger partial charge in [0.1, 0.15) is 5.75 Å². The van der Waals surface area contributed by atoms with Crippen LogP contribution in [0.1, 0.15) is 18.5 Å².